The summed E-state index contributed by atoms with van der Waals surface area (Å²) in [5.41, 5.74) is 9.80. The molecule has 1 aliphatic rings. The SMILES string of the molecule is Cc1[nH]c2ccccc2c1CCN=C(N)N(C)C1CC1. The number of hydrogen-bond donors (Lipinski definition) is 2. The summed E-state index contributed by atoms with van der Waals surface area (Å²) >= 11 is 0. The lowest BCUT2D eigenvalue weighted by molar-refractivity contribution is 0.487. The molecular weight excluding hydrogens is 248 g/mol. The zero-order valence-corrected chi connectivity index (χ0v) is 12.2. The van der Waals surface area contributed by atoms with Crippen molar-refractivity contribution in [3.63, 3.8) is 0 Å². The molecular formula is C16H22N4. The Morgan fingerprint density at radius 1 is 1.40 bits per heavy atom. The van der Waals surface area contributed by atoms with E-state index < -0.39 is 0 Å². The third-order valence-corrected chi connectivity index (χ3v) is 4.12. The number of rotatable bonds is 4. The number of para-hydroxylation sites is 1. The highest BCUT2D eigenvalue weighted by atomic mass is 15.3. The molecule has 1 heterocycles. The number of nitrogens with one attached hydrogen (secondary N) is 1. The van der Waals surface area contributed by atoms with Gasteiger partial charge in [-0.15, -0.1) is 0 Å². The van der Waals surface area contributed by atoms with Crippen LogP contribution in [0.2, 0.25) is 0 Å². The van der Waals surface area contributed by atoms with Gasteiger partial charge in [0, 0.05) is 36.2 Å². The molecule has 1 aromatic carbocycles. The van der Waals surface area contributed by atoms with Gasteiger partial charge in [0.1, 0.15) is 0 Å². The van der Waals surface area contributed by atoms with Crippen molar-refractivity contribution in [2.24, 2.45) is 10.7 Å². The normalized spacial score (nSPS) is 15.8. The van der Waals surface area contributed by atoms with Gasteiger partial charge in [-0.1, -0.05) is 18.2 Å². The maximum atomic E-state index is 6.02. The smallest absolute Gasteiger partial charge is 0.191 e. The molecule has 0 spiro atoms. The van der Waals surface area contributed by atoms with Crippen molar-refractivity contribution in [3.05, 3.63) is 35.5 Å². The minimum atomic E-state index is 0.619. The Kier molecular flexibility index (Phi) is 3.38. The van der Waals surface area contributed by atoms with Crippen LogP contribution < -0.4 is 5.73 Å². The fourth-order valence-corrected chi connectivity index (χ4v) is 2.70. The molecule has 1 aliphatic carbocycles. The average molecular weight is 270 g/mol. The first-order valence-corrected chi connectivity index (χ1v) is 7.25. The number of aromatic amines is 1. The summed E-state index contributed by atoms with van der Waals surface area (Å²) in [7, 11) is 2.04. The summed E-state index contributed by atoms with van der Waals surface area (Å²) < 4.78 is 0. The van der Waals surface area contributed by atoms with Crippen molar-refractivity contribution < 1.29 is 0 Å². The molecule has 0 unspecified atom stereocenters. The number of nitrogens with zero attached hydrogens (tertiary/aromatic N) is 2. The molecule has 0 atom stereocenters. The molecule has 0 aliphatic heterocycles. The van der Waals surface area contributed by atoms with E-state index in [1.807, 2.05) is 7.05 Å². The molecule has 3 N–H and O–H groups in total. The van der Waals surface area contributed by atoms with Crippen LogP contribution in [0, 0.1) is 6.92 Å². The molecule has 0 bridgehead atoms. The van der Waals surface area contributed by atoms with Crippen molar-refractivity contribution in [1.82, 2.24) is 9.88 Å². The fourth-order valence-electron chi connectivity index (χ4n) is 2.70. The molecule has 0 radical (unpaired) electrons. The van der Waals surface area contributed by atoms with Gasteiger partial charge in [0.15, 0.2) is 5.96 Å². The summed E-state index contributed by atoms with van der Waals surface area (Å²) in [5, 5.41) is 1.30. The minimum absolute atomic E-state index is 0.619. The van der Waals surface area contributed by atoms with Crippen molar-refractivity contribution >= 4 is 16.9 Å². The number of aliphatic imine (C=N–C) groups is 1. The van der Waals surface area contributed by atoms with Crippen LogP contribution in [0.25, 0.3) is 10.9 Å². The van der Waals surface area contributed by atoms with Crippen molar-refractivity contribution in [2.75, 3.05) is 13.6 Å². The molecule has 1 aromatic heterocycles. The van der Waals surface area contributed by atoms with Crippen LogP contribution in [0.4, 0.5) is 0 Å². The molecule has 4 nitrogen and oxygen atoms in total. The van der Waals surface area contributed by atoms with Gasteiger partial charge in [0.2, 0.25) is 0 Å². The second kappa shape index (κ2) is 5.19. The highest BCUT2D eigenvalue weighted by Gasteiger charge is 2.27. The second-order valence-electron chi connectivity index (χ2n) is 5.61. The maximum Gasteiger partial charge on any atom is 0.191 e. The Morgan fingerprint density at radius 3 is 2.90 bits per heavy atom. The standard InChI is InChI=1S/C16H22N4/c1-11-13(14-5-3-4-6-15(14)19-11)9-10-18-16(17)20(2)12-7-8-12/h3-6,12,19H,7-10H2,1-2H3,(H2,17,18). The van der Waals surface area contributed by atoms with Gasteiger partial charge in [-0.3, -0.25) is 4.99 Å². The van der Waals surface area contributed by atoms with Gasteiger partial charge in [-0.2, -0.15) is 0 Å². The number of aromatic nitrogens is 1. The van der Waals surface area contributed by atoms with E-state index in [0.29, 0.717) is 12.0 Å². The molecule has 1 saturated carbocycles. The monoisotopic (exact) mass is 270 g/mol. The van der Waals surface area contributed by atoms with Gasteiger partial charge in [0.25, 0.3) is 0 Å². The third kappa shape index (κ3) is 2.50. The van der Waals surface area contributed by atoms with Crippen LogP contribution in [0.5, 0.6) is 0 Å². The number of hydrogen-bond acceptors (Lipinski definition) is 1. The zero-order valence-electron chi connectivity index (χ0n) is 12.2. The third-order valence-electron chi connectivity index (χ3n) is 4.12. The van der Waals surface area contributed by atoms with E-state index in [2.05, 4.69) is 46.1 Å². The molecule has 0 amide bonds. The Balaban J connectivity index is 1.70. The number of guanidine groups is 1. The summed E-state index contributed by atoms with van der Waals surface area (Å²) in [4.78, 5) is 10.0. The number of nitrogens with two attached hydrogens (primary N) is 1. The van der Waals surface area contributed by atoms with Crippen molar-refractivity contribution in [2.45, 2.75) is 32.2 Å². The van der Waals surface area contributed by atoms with E-state index in [1.54, 1.807) is 0 Å². The predicted octanol–water partition coefficient (Wildman–Crippen LogP) is 2.43. The lowest BCUT2D eigenvalue weighted by Gasteiger charge is -2.16. The van der Waals surface area contributed by atoms with E-state index in [1.165, 1.54) is 35.0 Å². The molecule has 106 valence electrons. The highest BCUT2D eigenvalue weighted by Crippen LogP contribution is 2.25. The summed E-state index contributed by atoms with van der Waals surface area (Å²) in [6.07, 6.45) is 3.41. The largest absolute Gasteiger partial charge is 0.370 e. The minimum Gasteiger partial charge on any atom is -0.370 e. The van der Waals surface area contributed by atoms with E-state index >= 15 is 0 Å². The molecule has 2 aromatic rings. The molecule has 0 saturated heterocycles. The van der Waals surface area contributed by atoms with E-state index in [9.17, 15) is 0 Å². The van der Waals surface area contributed by atoms with Gasteiger partial charge in [-0.25, -0.2) is 0 Å². The lowest BCUT2D eigenvalue weighted by atomic mass is 10.1. The average Bonchev–Trinajstić information content (AvgIpc) is 3.23. The first kappa shape index (κ1) is 13.0. The first-order chi connectivity index (χ1) is 9.66. The van der Waals surface area contributed by atoms with Crippen LogP contribution in [0.15, 0.2) is 29.3 Å². The summed E-state index contributed by atoms with van der Waals surface area (Å²) in [6.45, 7) is 2.87. The van der Waals surface area contributed by atoms with E-state index in [-0.39, 0.29) is 0 Å². The number of fused-ring (bicyclic) bond motifs is 1. The van der Waals surface area contributed by atoms with Gasteiger partial charge in [0.05, 0.1) is 0 Å². The Bertz CT molecular complexity index is 637. The molecule has 3 rings (SSSR count). The van der Waals surface area contributed by atoms with Gasteiger partial charge >= 0.3 is 0 Å². The van der Waals surface area contributed by atoms with E-state index in [0.717, 1.165) is 13.0 Å². The first-order valence-electron chi connectivity index (χ1n) is 7.25. The van der Waals surface area contributed by atoms with Crippen LogP contribution in [-0.4, -0.2) is 35.5 Å². The number of aryl methyl sites for hydroxylation is 1. The topological polar surface area (TPSA) is 57.4 Å². The highest BCUT2D eigenvalue weighted by molar-refractivity contribution is 5.84. The maximum absolute atomic E-state index is 6.02. The predicted molar refractivity (Wildman–Crippen MR) is 84.0 cm³/mol. The summed E-state index contributed by atoms with van der Waals surface area (Å²) in [6, 6.07) is 9.04. The Labute approximate surface area is 119 Å². The molecule has 20 heavy (non-hydrogen) atoms. The van der Waals surface area contributed by atoms with Crippen LogP contribution in [-0.2, 0) is 6.42 Å². The van der Waals surface area contributed by atoms with Gasteiger partial charge in [-0.05, 0) is 37.8 Å². The molecule has 4 heteroatoms. The Hall–Kier alpha value is -1.97. The molecule has 1 fully saturated rings. The summed E-state index contributed by atoms with van der Waals surface area (Å²) in [5.74, 6) is 0.671. The van der Waals surface area contributed by atoms with Crippen LogP contribution in [0.1, 0.15) is 24.1 Å². The van der Waals surface area contributed by atoms with Crippen molar-refractivity contribution in [3.8, 4) is 0 Å². The second-order valence-corrected chi connectivity index (χ2v) is 5.61. The fraction of sp³-hybridized carbons (Fsp3) is 0.438. The zero-order chi connectivity index (χ0) is 14.1. The Morgan fingerprint density at radius 2 is 2.15 bits per heavy atom. The lowest BCUT2D eigenvalue weighted by Crippen LogP contribution is -2.35. The van der Waals surface area contributed by atoms with E-state index in [4.69, 9.17) is 5.73 Å². The number of H-pyrrole nitrogens is 1. The van der Waals surface area contributed by atoms with Gasteiger partial charge < -0.3 is 15.6 Å². The van der Waals surface area contributed by atoms with Crippen LogP contribution >= 0.6 is 0 Å². The van der Waals surface area contributed by atoms with Crippen molar-refractivity contribution in [1.29, 1.82) is 0 Å². The quantitative estimate of drug-likeness (QED) is 0.662. The number of benzene rings is 1. The van der Waals surface area contributed by atoms with Crippen LogP contribution in [0.3, 0.4) is 0 Å².